The van der Waals surface area contributed by atoms with Crippen LogP contribution in [0.3, 0.4) is 0 Å². The quantitative estimate of drug-likeness (QED) is 0.817. The van der Waals surface area contributed by atoms with Gasteiger partial charge in [-0.25, -0.2) is 9.97 Å². The van der Waals surface area contributed by atoms with Crippen molar-refractivity contribution < 1.29 is 9.31 Å². The lowest BCUT2D eigenvalue weighted by atomic mass is 9.80. The number of nitrogens with zero attached hydrogens (tertiary/aromatic N) is 3. The second-order valence-electron chi connectivity index (χ2n) is 7.52. The molecule has 1 saturated carbocycles. The Kier molecular flexibility index (Phi) is 3.19. The summed E-state index contributed by atoms with van der Waals surface area (Å²) in [5.41, 5.74) is 1.44. The Bertz CT molecular complexity index is 704. The lowest BCUT2D eigenvalue weighted by molar-refractivity contribution is 0.00578. The van der Waals surface area contributed by atoms with E-state index in [1.54, 1.807) is 0 Å². The van der Waals surface area contributed by atoms with E-state index in [9.17, 15) is 0 Å². The van der Waals surface area contributed by atoms with Crippen molar-refractivity contribution in [3.8, 4) is 5.82 Å². The zero-order valence-electron chi connectivity index (χ0n) is 14.1. The maximum Gasteiger partial charge on any atom is 0.496 e. The predicted octanol–water partition coefficient (Wildman–Crippen LogP) is 2.44. The Morgan fingerprint density at radius 3 is 2.35 bits per heavy atom. The Hall–Kier alpha value is -1.66. The molecule has 0 spiro atoms. The highest BCUT2D eigenvalue weighted by Crippen LogP contribution is 2.39. The first-order chi connectivity index (χ1) is 10.9. The molecule has 2 aliphatic rings. The molecule has 4 rings (SSSR count). The van der Waals surface area contributed by atoms with Crippen LogP contribution in [0.1, 0.15) is 52.1 Å². The molecule has 0 amide bonds. The summed E-state index contributed by atoms with van der Waals surface area (Å²) >= 11 is 0. The van der Waals surface area contributed by atoms with E-state index in [0.717, 1.165) is 11.3 Å². The molecule has 23 heavy (non-hydrogen) atoms. The molecule has 6 heteroatoms. The third-order valence-electron chi connectivity index (χ3n) is 5.16. The summed E-state index contributed by atoms with van der Waals surface area (Å²) in [7, 11) is -0.369. The first-order valence-electron chi connectivity index (χ1n) is 8.22. The van der Waals surface area contributed by atoms with Crippen LogP contribution in [-0.4, -0.2) is 32.9 Å². The number of imidazole rings is 1. The minimum absolute atomic E-state index is 0.333. The molecular weight excluding hydrogens is 289 g/mol. The number of rotatable bonds is 3. The molecular formula is C17H22BN3O2. The molecule has 2 fully saturated rings. The highest BCUT2D eigenvalue weighted by atomic mass is 16.7. The minimum Gasteiger partial charge on any atom is -0.399 e. The third-order valence-corrected chi connectivity index (χ3v) is 5.16. The fourth-order valence-corrected chi connectivity index (χ4v) is 2.72. The van der Waals surface area contributed by atoms with Crippen LogP contribution in [0.4, 0.5) is 0 Å². The van der Waals surface area contributed by atoms with Crippen molar-refractivity contribution in [1.29, 1.82) is 0 Å². The van der Waals surface area contributed by atoms with Gasteiger partial charge < -0.3 is 9.31 Å². The minimum atomic E-state index is -0.369. The summed E-state index contributed by atoms with van der Waals surface area (Å²) in [6.07, 6.45) is 8.25. The molecule has 2 aromatic rings. The van der Waals surface area contributed by atoms with Crippen molar-refractivity contribution in [2.24, 2.45) is 0 Å². The molecule has 0 atom stereocenters. The SMILES string of the molecule is CC1(C)OB(c2ccc(-n3cnc(C4CC4)c3)nc2)OC1(C)C. The van der Waals surface area contributed by atoms with Crippen LogP contribution >= 0.6 is 0 Å². The van der Waals surface area contributed by atoms with Gasteiger partial charge in [0.1, 0.15) is 12.1 Å². The van der Waals surface area contributed by atoms with E-state index in [1.807, 2.05) is 29.2 Å². The zero-order chi connectivity index (χ0) is 16.2. The van der Waals surface area contributed by atoms with Crippen LogP contribution in [0.25, 0.3) is 5.82 Å². The summed E-state index contributed by atoms with van der Waals surface area (Å²) in [5.74, 6) is 1.52. The molecule has 2 aromatic heterocycles. The standard InChI is InChI=1S/C17H22BN3O2/c1-16(2)17(3,4)23-18(22-16)13-7-8-15(19-9-13)21-10-14(20-11-21)12-5-6-12/h7-12H,5-6H2,1-4H3. The molecule has 1 saturated heterocycles. The largest absolute Gasteiger partial charge is 0.496 e. The van der Waals surface area contributed by atoms with Crippen molar-refractivity contribution in [2.45, 2.75) is 57.7 Å². The Balaban J connectivity index is 1.54. The van der Waals surface area contributed by atoms with E-state index in [-0.39, 0.29) is 18.3 Å². The van der Waals surface area contributed by atoms with Gasteiger partial charge in [-0.15, -0.1) is 0 Å². The van der Waals surface area contributed by atoms with Gasteiger partial charge in [0.25, 0.3) is 0 Å². The van der Waals surface area contributed by atoms with Gasteiger partial charge in [0, 0.05) is 23.8 Å². The number of aromatic nitrogens is 3. The molecule has 0 radical (unpaired) electrons. The summed E-state index contributed by atoms with van der Waals surface area (Å²) in [6, 6.07) is 4.00. The van der Waals surface area contributed by atoms with Crippen molar-refractivity contribution >= 4 is 12.6 Å². The summed E-state index contributed by atoms with van der Waals surface area (Å²) in [5, 5.41) is 0. The third kappa shape index (κ3) is 2.60. The summed E-state index contributed by atoms with van der Waals surface area (Å²) in [4.78, 5) is 9.01. The van der Waals surface area contributed by atoms with Gasteiger partial charge in [0.05, 0.1) is 16.9 Å². The van der Waals surface area contributed by atoms with Crippen LogP contribution in [-0.2, 0) is 9.31 Å². The van der Waals surface area contributed by atoms with Crippen LogP contribution in [0, 0.1) is 0 Å². The fraction of sp³-hybridized carbons (Fsp3) is 0.529. The lowest BCUT2D eigenvalue weighted by Crippen LogP contribution is -2.41. The molecule has 120 valence electrons. The Morgan fingerprint density at radius 1 is 1.09 bits per heavy atom. The van der Waals surface area contributed by atoms with Crippen LogP contribution < -0.4 is 5.46 Å². The monoisotopic (exact) mass is 311 g/mol. The molecule has 0 aromatic carbocycles. The van der Waals surface area contributed by atoms with Gasteiger partial charge in [0.2, 0.25) is 0 Å². The molecule has 5 nitrogen and oxygen atoms in total. The highest BCUT2D eigenvalue weighted by Gasteiger charge is 2.51. The van der Waals surface area contributed by atoms with E-state index < -0.39 is 0 Å². The predicted molar refractivity (Wildman–Crippen MR) is 89.1 cm³/mol. The Morgan fingerprint density at radius 2 is 1.78 bits per heavy atom. The first-order valence-corrected chi connectivity index (χ1v) is 8.22. The molecule has 0 bridgehead atoms. The van der Waals surface area contributed by atoms with E-state index in [4.69, 9.17) is 9.31 Å². The molecule has 0 N–H and O–H groups in total. The van der Waals surface area contributed by atoms with Crippen molar-refractivity contribution in [3.05, 3.63) is 36.5 Å². The van der Waals surface area contributed by atoms with Gasteiger partial charge in [-0.3, -0.25) is 4.57 Å². The fourth-order valence-electron chi connectivity index (χ4n) is 2.72. The van der Waals surface area contributed by atoms with E-state index >= 15 is 0 Å². The number of pyridine rings is 1. The van der Waals surface area contributed by atoms with Crippen LogP contribution in [0.15, 0.2) is 30.9 Å². The van der Waals surface area contributed by atoms with Gasteiger partial charge in [-0.2, -0.15) is 0 Å². The lowest BCUT2D eigenvalue weighted by Gasteiger charge is -2.32. The molecule has 1 aliphatic carbocycles. The van der Waals surface area contributed by atoms with Gasteiger partial charge in [0.15, 0.2) is 0 Å². The topological polar surface area (TPSA) is 49.2 Å². The van der Waals surface area contributed by atoms with Crippen molar-refractivity contribution in [1.82, 2.24) is 14.5 Å². The normalized spacial score (nSPS) is 22.5. The average molecular weight is 311 g/mol. The van der Waals surface area contributed by atoms with Gasteiger partial charge >= 0.3 is 7.12 Å². The molecule has 3 heterocycles. The number of hydrogen-bond donors (Lipinski definition) is 0. The number of hydrogen-bond acceptors (Lipinski definition) is 4. The maximum atomic E-state index is 6.06. The van der Waals surface area contributed by atoms with Crippen molar-refractivity contribution in [3.63, 3.8) is 0 Å². The van der Waals surface area contributed by atoms with Gasteiger partial charge in [-0.1, -0.05) is 6.07 Å². The first kappa shape index (κ1) is 14.9. The van der Waals surface area contributed by atoms with Gasteiger partial charge in [-0.05, 0) is 46.6 Å². The van der Waals surface area contributed by atoms with Crippen LogP contribution in [0.2, 0.25) is 0 Å². The molecule has 1 aliphatic heterocycles. The second-order valence-corrected chi connectivity index (χ2v) is 7.52. The van der Waals surface area contributed by atoms with E-state index in [1.165, 1.54) is 18.5 Å². The summed E-state index contributed by atoms with van der Waals surface area (Å²) < 4.78 is 14.1. The summed E-state index contributed by atoms with van der Waals surface area (Å²) in [6.45, 7) is 8.22. The second kappa shape index (κ2) is 4.92. The van der Waals surface area contributed by atoms with E-state index in [0.29, 0.717) is 5.92 Å². The maximum absolute atomic E-state index is 6.06. The Labute approximate surface area is 137 Å². The smallest absolute Gasteiger partial charge is 0.399 e. The van der Waals surface area contributed by atoms with Crippen LogP contribution in [0.5, 0.6) is 0 Å². The molecule has 0 unspecified atom stereocenters. The van der Waals surface area contributed by atoms with Crippen molar-refractivity contribution in [2.75, 3.05) is 0 Å². The zero-order valence-corrected chi connectivity index (χ0v) is 14.1. The average Bonchev–Trinajstić information content (AvgIpc) is 3.18. The van der Waals surface area contributed by atoms with E-state index in [2.05, 4.69) is 43.9 Å². The highest BCUT2D eigenvalue weighted by molar-refractivity contribution is 6.62.